The molecule has 0 N–H and O–H groups in total. The third-order valence-corrected chi connectivity index (χ3v) is 6.41. The number of likely N-dealkylation sites (N-methyl/N-ethyl adjacent to an activating group) is 1. The van der Waals surface area contributed by atoms with Crippen molar-refractivity contribution < 1.29 is 22.0 Å². The van der Waals surface area contributed by atoms with E-state index in [4.69, 9.17) is 4.42 Å². The van der Waals surface area contributed by atoms with Gasteiger partial charge in [-0.15, -0.1) is 0 Å². The minimum Gasteiger partial charge on any atom is -0.469 e. The van der Waals surface area contributed by atoms with Crippen LogP contribution in [0.5, 0.6) is 0 Å². The van der Waals surface area contributed by atoms with Crippen LogP contribution in [-0.4, -0.2) is 43.8 Å². The van der Waals surface area contributed by atoms with Crippen molar-refractivity contribution in [3.63, 3.8) is 0 Å². The van der Waals surface area contributed by atoms with Crippen LogP contribution >= 0.6 is 0 Å². The smallest absolute Gasteiger partial charge is 0.230 e. The van der Waals surface area contributed by atoms with Crippen molar-refractivity contribution in [3.05, 3.63) is 59.8 Å². The zero-order chi connectivity index (χ0) is 18.0. The SMILES string of the molecule is CN(C(=O)C(Cc1ccco1)c1ccc(F)cc1)C1CCS(=O)(=O)C1. The summed E-state index contributed by atoms with van der Waals surface area (Å²) in [7, 11) is -1.45. The predicted octanol–water partition coefficient (Wildman–Crippen LogP) is 2.39. The average Bonchev–Trinajstić information content (AvgIpc) is 3.21. The van der Waals surface area contributed by atoms with Crippen molar-refractivity contribution in [2.45, 2.75) is 24.8 Å². The first-order valence-corrected chi connectivity index (χ1v) is 9.93. The summed E-state index contributed by atoms with van der Waals surface area (Å²) in [5.74, 6) is -0.371. The van der Waals surface area contributed by atoms with Crippen molar-refractivity contribution in [1.82, 2.24) is 4.90 Å². The van der Waals surface area contributed by atoms with E-state index in [1.807, 2.05) is 0 Å². The van der Waals surface area contributed by atoms with E-state index in [1.165, 1.54) is 23.3 Å². The predicted molar refractivity (Wildman–Crippen MR) is 91.4 cm³/mol. The Hall–Kier alpha value is -2.15. The van der Waals surface area contributed by atoms with Gasteiger partial charge < -0.3 is 9.32 Å². The molecule has 1 amide bonds. The fraction of sp³-hybridized carbons (Fsp3) is 0.389. The van der Waals surface area contributed by atoms with Gasteiger partial charge in [0.1, 0.15) is 11.6 Å². The molecule has 0 saturated carbocycles. The van der Waals surface area contributed by atoms with Crippen LogP contribution in [0.2, 0.25) is 0 Å². The monoisotopic (exact) mass is 365 g/mol. The highest BCUT2D eigenvalue weighted by atomic mass is 32.2. The summed E-state index contributed by atoms with van der Waals surface area (Å²) in [4.78, 5) is 14.6. The molecule has 0 radical (unpaired) electrons. The number of sulfone groups is 1. The lowest BCUT2D eigenvalue weighted by molar-refractivity contribution is -0.133. The second kappa shape index (κ2) is 7.00. The summed E-state index contributed by atoms with van der Waals surface area (Å²) in [6.45, 7) is 0. The number of halogens is 1. The van der Waals surface area contributed by atoms with Gasteiger partial charge >= 0.3 is 0 Å². The number of furan rings is 1. The molecule has 7 heteroatoms. The van der Waals surface area contributed by atoms with Gasteiger partial charge in [-0.2, -0.15) is 0 Å². The summed E-state index contributed by atoms with van der Waals surface area (Å²) < 4.78 is 42.0. The fourth-order valence-corrected chi connectivity index (χ4v) is 4.95. The van der Waals surface area contributed by atoms with Crippen LogP contribution in [0.25, 0.3) is 0 Å². The lowest BCUT2D eigenvalue weighted by Gasteiger charge is -2.28. The molecular formula is C18H20FNO4S. The Bertz CT molecular complexity index is 830. The Kier molecular flexibility index (Phi) is 4.94. The molecule has 5 nitrogen and oxygen atoms in total. The molecular weight excluding hydrogens is 345 g/mol. The molecule has 1 saturated heterocycles. The molecule has 1 aromatic heterocycles. The van der Waals surface area contributed by atoms with Crippen molar-refractivity contribution in [2.24, 2.45) is 0 Å². The summed E-state index contributed by atoms with van der Waals surface area (Å²) in [5, 5.41) is 0. The maximum absolute atomic E-state index is 13.2. The van der Waals surface area contributed by atoms with Gasteiger partial charge in [0, 0.05) is 19.5 Å². The summed E-state index contributed by atoms with van der Waals surface area (Å²) in [6, 6.07) is 9.01. The number of carbonyl (C=O) groups is 1. The fourth-order valence-electron chi connectivity index (χ4n) is 3.18. The van der Waals surface area contributed by atoms with E-state index in [2.05, 4.69) is 0 Å². The van der Waals surface area contributed by atoms with E-state index in [1.54, 1.807) is 31.3 Å². The lowest BCUT2D eigenvalue weighted by atomic mass is 9.92. The van der Waals surface area contributed by atoms with Crippen molar-refractivity contribution >= 4 is 15.7 Å². The average molecular weight is 365 g/mol. The quantitative estimate of drug-likeness (QED) is 0.816. The van der Waals surface area contributed by atoms with Crippen LogP contribution in [0, 0.1) is 5.82 Å². The number of nitrogens with zero attached hydrogens (tertiary/aromatic N) is 1. The number of hydrogen-bond acceptors (Lipinski definition) is 4. The molecule has 0 bridgehead atoms. The standard InChI is InChI=1S/C18H20FNO4S/c1-20(15-8-10-25(22,23)12-15)18(21)17(11-16-3-2-9-24-16)13-4-6-14(19)7-5-13/h2-7,9,15,17H,8,10-12H2,1H3. The van der Waals surface area contributed by atoms with Crippen LogP contribution in [-0.2, 0) is 21.1 Å². The summed E-state index contributed by atoms with van der Waals surface area (Å²) in [6.07, 6.45) is 2.32. The molecule has 0 aliphatic carbocycles. The van der Waals surface area contributed by atoms with Gasteiger partial charge in [-0.05, 0) is 36.2 Å². The Morgan fingerprint density at radius 2 is 2.04 bits per heavy atom. The first-order valence-electron chi connectivity index (χ1n) is 8.10. The number of carbonyl (C=O) groups excluding carboxylic acids is 1. The van der Waals surface area contributed by atoms with Gasteiger partial charge in [0.25, 0.3) is 0 Å². The molecule has 1 fully saturated rings. The number of hydrogen-bond donors (Lipinski definition) is 0. The van der Waals surface area contributed by atoms with E-state index < -0.39 is 15.8 Å². The van der Waals surface area contributed by atoms with Gasteiger partial charge in [-0.1, -0.05) is 12.1 Å². The largest absolute Gasteiger partial charge is 0.469 e. The van der Waals surface area contributed by atoms with Gasteiger partial charge in [0.2, 0.25) is 5.91 Å². The minimum absolute atomic E-state index is 0.00781. The second-order valence-electron chi connectivity index (χ2n) is 6.39. The molecule has 25 heavy (non-hydrogen) atoms. The third kappa shape index (κ3) is 4.10. The Morgan fingerprint density at radius 3 is 2.60 bits per heavy atom. The molecule has 1 aliphatic rings. The van der Waals surface area contributed by atoms with E-state index in [-0.39, 0.29) is 29.3 Å². The van der Waals surface area contributed by atoms with Crippen molar-refractivity contribution in [2.75, 3.05) is 18.6 Å². The molecule has 2 unspecified atom stereocenters. The molecule has 3 rings (SSSR count). The van der Waals surface area contributed by atoms with Crippen LogP contribution < -0.4 is 0 Å². The van der Waals surface area contributed by atoms with Gasteiger partial charge in [-0.3, -0.25) is 4.79 Å². The Balaban J connectivity index is 1.85. The number of amides is 1. The van der Waals surface area contributed by atoms with Gasteiger partial charge in [-0.25, -0.2) is 12.8 Å². The third-order valence-electron chi connectivity index (χ3n) is 4.66. The Morgan fingerprint density at radius 1 is 1.32 bits per heavy atom. The molecule has 1 aliphatic heterocycles. The van der Waals surface area contributed by atoms with Gasteiger partial charge in [0.15, 0.2) is 9.84 Å². The topological polar surface area (TPSA) is 67.6 Å². The zero-order valence-electron chi connectivity index (χ0n) is 13.9. The highest BCUT2D eigenvalue weighted by molar-refractivity contribution is 7.91. The molecule has 1 aromatic carbocycles. The summed E-state index contributed by atoms with van der Waals surface area (Å²) >= 11 is 0. The van der Waals surface area contributed by atoms with Crippen LogP contribution in [0.1, 0.15) is 23.7 Å². The number of benzene rings is 1. The normalized spacial score (nSPS) is 20.3. The maximum atomic E-state index is 13.2. The number of rotatable bonds is 5. The summed E-state index contributed by atoms with van der Waals surface area (Å²) in [5.41, 5.74) is 0.676. The Labute approximate surface area is 146 Å². The lowest BCUT2D eigenvalue weighted by Crippen LogP contribution is -2.41. The van der Waals surface area contributed by atoms with Crippen molar-refractivity contribution in [3.8, 4) is 0 Å². The molecule has 134 valence electrons. The first kappa shape index (κ1) is 17.7. The molecule has 2 atom stereocenters. The van der Waals surface area contributed by atoms with Crippen LogP contribution in [0.3, 0.4) is 0 Å². The van der Waals surface area contributed by atoms with Crippen molar-refractivity contribution in [1.29, 1.82) is 0 Å². The first-order chi connectivity index (χ1) is 11.9. The van der Waals surface area contributed by atoms with E-state index in [0.717, 1.165) is 0 Å². The molecule has 2 heterocycles. The molecule has 2 aromatic rings. The van der Waals surface area contributed by atoms with E-state index in [9.17, 15) is 17.6 Å². The van der Waals surface area contributed by atoms with Crippen LogP contribution in [0.4, 0.5) is 4.39 Å². The van der Waals surface area contributed by atoms with Gasteiger partial charge in [0.05, 0.1) is 23.7 Å². The van der Waals surface area contributed by atoms with E-state index >= 15 is 0 Å². The second-order valence-corrected chi connectivity index (χ2v) is 8.62. The molecule has 0 spiro atoms. The minimum atomic E-state index is -3.08. The highest BCUT2D eigenvalue weighted by Crippen LogP contribution is 2.26. The van der Waals surface area contributed by atoms with Crippen LogP contribution in [0.15, 0.2) is 47.1 Å². The zero-order valence-corrected chi connectivity index (χ0v) is 14.7. The highest BCUT2D eigenvalue weighted by Gasteiger charge is 2.35. The van der Waals surface area contributed by atoms with E-state index in [0.29, 0.717) is 24.2 Å². The maximum Gasteiger partial charge on any atom is 0.230 e.